The van der Waals surface area contributed by atoms with Crippen LogP contribution < -0.4 is 5.32 Å². The van der Waals surface area contributed by atoms with Gasteiger partial charge in [-0.05, 0) is 44.0 Å². The van der Waals surface area contributed by atoms with Crippen molar-refractivity contribution >= 4 is 65.8 Å². The Bertz CT molecular complexity index is 1160. The topological polar surface area (TPSA) is 79.4 Å². The molecular weight excluding hydrogens is 465 g/mol. The SMILES string of the molecule is Cc1ccc(S(=O)(=O)N2CCC(C(=O)Nc3nc4c(Cl)ccc(Cl)c4s3)CC2)cc1. The molecule has 0 saturated carbocycles. The average Bonchev–Trinajstić information content (AvgIpc) is 3.16. The number of thiazole rings is 1. The molecule has 0 atom stereocenters. The van der Waals surface area contributed by atoms with E-state index in [9.17, 15) is 13.2 Å². The molecule has 1 saturated heterocycles. The summed E-state index contributed by atoms with van der Waals surface area (Å²) in [5.41, 5.74) is 1.56. The summed E-state index contributed by atoms with van der Waals surface area (Å²) in [5, 5.41) is 4.26. The van der Waals surface area contributed by atoms with Crippen LogP contribution in [0.3, 0.4) is 0 Å². The van der Waals surface area contributed by atoms with Gasteiger partial charge in [0.2, 0.25) is 15.9 Å². The number of aromatic nitrogens is 1. The van der Waals surface area contributed by atoms with Crippen LogP contribution in [0.5, 0.6) is 0 Å². The van der Waals surface area contributed by atoms with Crippen LogP contribution in [0.2, 0.25) is 10.0 Å². The molecule has 0 aliphatic carbocycles. The number of hydrogen-bond acceptors (Lipinski definition) is 5. The second kappa shape index (κ2) is 8.43. The van der Waals surface area contributed by atoms with Gasteiger partial charge in [0.1, 0.15) is 5.52 Å². The number of carbonyl (C=O) groups excluding carboxylic acids is 1. The van der Waals surface area contributed by atoms with Gasteiger partial charge in [-0.15, -0.1) is 0 Å². The zero-order chi connectivity index (χ0) is 21.5. The van der Waals surface area contributed by atoms with Crippen molar-refractivity contribution in [3.63, 3.8) is 0 Å². The fourth-order valence-electron chi connectivity index (χ4n) is 3.42. The summed E-state index contributed by atoms with van der Waals surface area (Å²) in [7, 11) is -3.55. The van der Waals surface area contributed by atoms with E-state index in [0.717, 1.165) is 10.3 Å². The summed E-state index contributed by atoms with van der Waals surface area (Å²) < 4.78 is 27.8. The fraction of sp³-hybridized carbons (Fsp3) is 0.300. The lowest BCUT2D eigenvalue weighted by molar-refractivity contribution is -0.120. The predicted octanol–water partition coefficient (Wildman–Crippen LogP) is 4.95. The minimum atomic E-state index is -3.55. The largest absolute Gasteiger partial charge is 0.302 e. The molecule has 0 radical (unpaired) electrons. The van der Waals surface area contributed by atoms with Gasteiger partial charge in [-0.3, -0.25) is 4.79 Å². The summed E-state index contributed by atoms with van der Waals surface area (Å²) in [5.74, 6) is -0.457. The lowest BCUT2D eigenvalue weighted by Crippen LogP contribution is -2.41. The van der Waals surface area contributed by atoms with Crippen LogP contribution in [0, 0.1) is 12.8 Å². The van der Waals surface area contributed by atoms with Crippen molar-refractivity contribution < 1.29 is 13.2 Å². The summed E-state index contributed by atoms with van der Waals surface area (Å²) >= 11 is 13.6. The molecule has 3 aromatic rings. The number of amides is 1. The number of piperidine rings is 1. The van der Waals surface area contributed by atoms with Gasteiger partial charge in [-0.2, -0.15) is 4.31 Å². The van der Waals surface area contributed by atoms with E-state index >= 15 is 0 Å². The molecule has 0 bridgehead atoms. The maximum absolute atomic E-state index is 12.8. The van der Waals surface area contributed by atoms with E-state index in [4.69, 9.17) is 23.2 Å². The Labute approximate surface area is 188 Å². The Hall–Kier alpha value is -1.71. The third kappa shape index (κ3) is 4.20. The molecule has 2 heterocycles. The number of aryl methyl sites for hydroxylation is 1. The molecular formula is C20H19Cl2N3O3S2. The number of carbonyl (C=O) groups is 1. The maximum atomic E-state index is 12.8. The van der Waals surface area contributed by atoms with Crippen molar-refractivity contribution in [1.29, 1.82) is 0 Å². The summed E-state index contributed by atoms with van der Waals surface area (Å²) in [6.07, 6.45) is 0.896. The number of nitrogens with zero attached hydrogens (tertiary/aromatic N) is 2. The van der Waals surface area contributed by atoms with Crippen LogP contribution in [0.1, 0.15) is 18.4 Å². The van der Waals surface area contributed by atoms with E-state index in [-0.39, 0.29) is 16.7 Å². The van der Waals surface area contributed by atoms with E-state index < -0.39 is 10.0 Å². The Kier molecular flexibility index (Phi) is 6.05. The molecule has 2 aromatic carbocycles. The van der Waals surface area contributed by atoms with Crippen molar-refractivity contribution in [3.05, 3.63) is 52.0 Å². The van der Waals surface area contributed by atoms with Crippen molar-refractivity contribution in [2.24, 2.45) is 5.92 Å². The molecule has 1 aliphatic heterocycles. The first-order valence-corrected chi connectivity index (χ1v) is 12.4. The van der Waals surface area contributed by atoms with Crippen LogP contribution in [0.4, 0.5) is 5.13 Å². The van der Waals surface area contributed by atoms with Gasteiger partial charge in [0.25, 0.3) is 0 Å². The van der Waals surface area contributed by atoms with Crippen LogP contribution in [-0.4, -0.2) is 36.7 Å². The fourth-order valence-corrected chi connectivity index (χ4v) is 6.32. The minimum absolute atomic E-state index is 0.173. The quantitative estimate of drug-likeness (QED) is 0.568. The second-order valence-corrected chi connectivity index (χ2v) is 11.0. The first-order chi connectivity index (χ1) is 14.3. The molecule has 1 fully saturated rings. The highest BCUT2D eigenvalue weighted by Crippen LogP contribution is 2.36. The second-order valence-electron chi connectivity index (χ2n) is 7.21. The number of fused-ring (bicyclic) bond motifs is 1. The first-order valence-electron chi connectivity index (χ1n) is 9.38. The van der Waals surface area contributed by atoms with Gasteiger partial charge in [0.05, 0.1) is 19.6 Å². The van der Waals surface area contributed by atoms with Crippen LogP contribution in [0.15, 0.2) is 41.3 Å². The van der Waals surface area contributed by atoms with Crippen LogP contribution in [0.25, 0.3) is 10.2 Å². The smallest absolute Gasteiger partial charge is 0.243 e. The van der Waals surface area contributed by atoms with Gasteiger partial charge in [-0.25, -0.2) is 13.4 Å². The Morgan fingerprint density at radius 2 is 1.73 bits per heavy atom. The highest BCUT2D eigenvalue weighted by Gasteiger charge is 2.32. The minimum Gasteiger partial charge on any atom is -0.302 e. The zero-order valence-electron chi connectivity index (χ0n) is 16.1. The number of hydrogen-bond donors (Lipinski definition) is 1. The molecule has 158 valence electrons. The molecule has 6 nitrogen and oxygen atoms in total. The molecule has 1 N–H and O–H groups in total. The third-order valence-corrected chi connectivity index (χ3v) is 8.81. The highest BCUT2D eigenvalue weighted by atomic mass is 35.5. The van der Waals surface area contributed by atoms with Crippen molar-refractivity contribution in [2.45, 2.75) is 24.7 Å². The monoisotopic (exact) mass is 483 g/mol. The van der Waals surface area contributed by atoms with Gasteiger partial charge in [-0.1, -0.05) is 52.2 Å². The third-order valence-electron chi connectivity index (χ3n) is 5.16. The van der Waals surface area contributed by atoms with E-state index in [1.54, 1.807) is 36.4 Å². The highest BCUT2D eigenvalue weighted by molar-refractivity contribution is 7.89. The van der Waals surface area contributed by atoms with E-state index in [1.807, 2.05) is 6.92 Å². The number of rotatable bonds is 4. The number of nitrogens with one attached hydrogen (secondary N) is 1. The molecule has 1 aromatic heterocycles. The predicted molar refractivity (Wildman–Crippen MR) is 121 cm³/mol. The summed E-state index contributed by atoms with van der Waals surface area (Å²) in [6.45, 7) is 2.51. The Morgan fingerprint density at radius 3 is 2.37 bits per heavy atom. The van der Waals surface area contributed by atoms with Gasteiger partial charge >= 0.3 is 0 Å². The standard InChI is InChI=1S/C20H19Cl2N3O3S2/c1-12-2-4-14(5-3-12)30(27,28)25-10-8-13(9-11-25)19(26)24-20-23-17-15(21)6-7-16(22)18(17)29-20/h2-7,13H,8-11H2,1H3,(H,23,24,26). The summed E-state index contributed by atoms with van der Waals surface area (Å²) in [4.78, 5) is 17.3. The number of anilines is 1. The number of benzene rings is 2. The maximum Gasteiger partial charge on any atom is 0.243 e. The molecule has 0 spiro atoms. The Morgan fingerprint density at radius 1 is 1.10 bits per heavy atom. The van der Waals surface area contributed by atoms with Gasteiger partial charge in [0.15, 0.2) is 5.13 Å². The van der Waals surface area contributed by atoms with E-state index in [2.05, 4.69) is 10.3 Å². The normalized spacial score (nSPS) is 16.1. The lowest BCUT2D eigenvalue weighted by Gasteiger charge is -2.30. The van der Waals surface area contributed by atoms with E-state index in [1.165, 1.54) is 15.6 Å². The van der Waals surface area contributed by atoms with Gasteiger partial charge in [0, 0.05) is 19.0 Å². The molecule has 1 aliphatic rings. The molecule has 1 amide bonds. The number of halogens is 2. The Balaban J connectivity index is 1.42. The van der Waals surface area contributed by atoms with Crippen LogP contribution >= 0.6 is 34.5 Å². The van der Waals surface area contributed by atoms with Crippen molar-refractivity contribution in [2.75, 3.05) is 18.4 Å². The molecule has 4 rings (SSSR count). The van der Waals surface area contributed by atoms with E-state index in [0.29, 0.717) is 46.6 Å². The lowest BCUT2D eigenvalue weighted by atomic mass is 9.97. The molecule has 10 heteroatoms. The van der Waals surface area contributed by atoms with Gasteiger partial charge < -0.3 is 5.32 Å². The van der Waals surface area contributed by atoms with Crippen molar-refractivity contribution in [1.82, 2.24) is 9.29 Å². The van der Waals surface area contributed by atoms with Crippen LogP contribution in [-0.2, 0) is 14.8 Å². The molecule has 30 heavy (non-hydrogen) atoms. The number of sulfonamides is 1. The average molecular weight is 484 g/mol. The summed E-state index contributed by atoms with van der Waals surface area (Å²) in [6, 6.07) is 10.2. The zero-order valence-corrected chi connectivity index (χ0v) is 19.2. The molecule has 0 unspecified atom stereocenters. The van der Waals surface area contributed by atoms with Crippen molar-refractivity contribution in [3.8, 4) is 0 Å². The first kappa shape index (κ1) is 21.5.